The Bertz CT molecular complexity index is 1030. The van der Waals surface area contributed by atoms with E-state index in [0.29, 0.717) is 17.8 Å². The number of carbonyl (C=O) groups is 1. The van der Waals surface area contributed by atoms with E-state index in [4.69, 9.17) is 4.74 Å². The van der Waals surface area contributed by atoms with Crippen LogP contribution in [0.1, 0.15) is 21.5 Å². The Kier molecular flexibility index (Phi) is 5.39. The first-order valence-electron chi connectivity index (χ1n) is 8.60. The lowest BCUT2D eigenvalue weighted by molar-refractivity contribution is -0.385. The number of nitro groups is 1. The van der Waals surface area contributed by atoms with Crippen molar-refractivity contribution in [3.8, 4) is 11.3 Å². The maximum atomic E-state index is 12.0. The zero-order chi connectivity index (χ0) is 20.3. The lowest BCUT2D eigenvalue weighted by Crippen LogP contribution is -2.09. The topological polar surface area (TPSA) is 99.3 Å². The average Bonchev–Trinajstić information content (AvgIpc) is 3.06. The van der Waals surface area contributed by atoms with Gasteiger partial charge in [0.15, 0.2) is 0 Å². The van der Waals surface area contributed by atoms with Crippen LogP contribution in [-0.2, 0) is 18.3 Å². The number of carbonyl (C=O) groups excluding carboxylic acids is 1. The summed E-state index contributed by atoms with van der Waals surface area (Å²) in [5, 5.41) is 19.1. The van der Waals surface area contributed by atoms with Crippen LogP contribution in [0.4, 0.5) is 11.4 Å². The largest absolute Gasteiger partial charge is 0.465 e. The van der Waals surface area contributed by atoms with Gasteiger partial charge in [0.1, 0.15) is 5.56 Å². The minimum Gasteiger partial charge on any atom is -0.465 e. The summed E-state index contributed by atoms with van der Waals surface area (Å²) >= 11 is 0. The number of nitrogens with zero attached hydrogens (tertiary/aromatic N) is 3. The molecule has 144 valence electrons. The number of aromatic nitrogens is 2. The van der Waals surface area contributed by atoms with Gasteiger partial charge in [0.2, 0.25) is 0 Å². The number of benzene rings is 2. The Morgan fingerprint density at radius 1 is 1.29 bits per heavy atom. The van der Waals surface area contributed by atoms with Crippen molar-refractivity contribution in [2.45, 2.75) is 13.5 Å². The van der Waals surface area contributed by atoms with E-state index in [1.807, 2.05) is 43.6 Å². The summed E-state index contributed by atoms with van der Waals surface area (Å²) < 4.78 is 6.43. The standard InChI is InChI=1S/C20H20N4O4/c1-13-9-16(10-17(20(25)28-3)19(13)24(26)27)21-11-15-12-23(2)22-18(15)14-7-5-4-6-8-14/h4-10,12,21H,11H2,1-3H3. The fourth-order valence-corrected chi connectivity index (χ4v) is 3.09. The Morgan fingerprint density at radius 2 is 2.00 bits per heavy atom. The van der Waals surface area contributed by atoms with E-state index in [2.05, 4.69) is 10.4 Å². The third-order valence-corrected chi connectivity index (χ3v) is 4.32. The van der Waals surface area contributed by atoms with E-state index in [1.54, 1.807) is 17.7 Å². The molecule has 0 spiro atoms. The summed E-state index contributed by atoms with van der Waals surface area (Å²) in [6, 6.07) is 12.9. The van der Waals surface area contributed by atoms with Gasteiger partial charge in [0, 0.05) is 42.2 Å². The zero-order valence-electron chi connectivity index (χ0n) is 15.8. The molecule has 3 rings (SSSR count). The Labute approximate surface area is 161 Å². The Morgan fingerprint density at radius 3 is 2.64 bits per heavy atom. The van der Waals surface area contributed by atoms with Gasteiger partial charge >= 0.3 is 5.97 Å². The van der Waals surface area contributed by atoms with Crippen molar-refractivity contribution in [1.29, 1.82) is 0 Å². The van der Waals surface area contributed by atoms with Crippen molar-refractivity contribution in [2.75, 3.05) is 12.4 Å². The molecule has 0 aliphatic carbocycles. The van der Waals surface area contributed by atoms with E-state index < -0.39 is 10.9 Å². The summed E-state index contributed by atoms with van der Waals surface area (Å²) in [7, 11) is 3.05. The highest BCUT2D eigenvalue weighted by Gasteiger charge is 2.24. The van der Waals surface area contributed by atoms with Crippen LogP contribution < -0.4 is 5.32 Å². The van der Waals surface area contributed by atoms with E-state index in [0.717, 1.165) is 16.8 Å². The third-order valence-electron chi connectivity index (χ3n) is 4.32. The molecule has 8 nitrogen and oxygen atoms in total. The fourth-order valence-electron chi connectivity index (χ4n) is 3.09. The molecule has 0 atom stereocenters. The molecule has 1 N–H and O–H groups in total. The van der Waals surface area contributed by atoms with E-state index in [9.17, 15) is 14.9 Å². The number of esters is 1. The second-order valence-corrected chi connectivity index (χ2v) is 6.33. The lowest BCUT2D eigenvalue weighted by atomic mass is 10.1. The number of nitro benzene ring substituents is 1. The highest BCUT2D eigenvalue weighted by molar-refractivity contribution is 5.95. The minimum absolute atomic E-state index is 0.0792. The SMILES string of the molecule is COC(=O)c1cc(NCc2cn(C)nc2-c2ccccc2)cc(C)c1[N+](=O)[O-]. The maximum Gasteiger partial charge on any atom is 0.344 e. The van der Waals surface area contributed by atoms with Crippen LogP contribution in [0.5, 0.6) is 0 Å². The van der Waals surface area contributed by atoms with Crippen LogP contribution in [0.3, 0.4) is 0 Å². The molecule has 28 heavy (non-hydrogen) atoms. The van der Waals surface area contributed by atoms with E-state index >= 15 is 0 Å². The number of ether oxygens (including phenoxy) is 1. The number of aryl methyl sites for hydroxylation is 2. The molecule has 8 heteroatoms. The first kappa shape index (κ1) is 19.1. The summed E-state index contributed by atoms with van der Waals surface area (Å²) in [6.45, 7) is 2.03. The molecule has 0 saturated carbocycles. The van der Waals surface area contributed by atoms with Crippen molar-refractivity contribution >= 4 is 17.3 Å². The van der Waals surface area contributed by atoms with Gasteiger partial charge in [-0.3, -0.25) is 14.8 Å². The number of nitrogens with one attached hydrogen (secondary N) is 1. The lowest BCUT2D eigenvalue weighted by Gasteiger charge is -2.10. The van der Waals surface area contributed by atoms with Gasteiger partial charge < -0.3 is 10.1 Å². The molecule has 0 saturated heterocycles. The van der Waals surface area contributed by atoms with Crippen LogP contribution in [0.15, 0.2) is 48.7 Å². The van der Waals surface area contributed by atoms with Crippen LogP contribution >= 0.6 is 0 Å². The maximum absolute atomic E-state index is 12.0. The number of hydrogen-bond acceptors (Lipinski definition) is 6. The fraction of sp³-hybridized carbons (Fsp3) is 0.200. The van der Waals surface area contributed by atoms with Crippen LogP contribution in [0, 0.1) is 17.0 Å². The first-order valence-corrected chi connectivity index (χ1v) is 8.60. The highest BCUT2D eigenvalue weighted by Crippen LogP contribution is 2.29. The second-order valence-electron chi connectivity index (χ2n) is 6.33. The molecular formula is C20H20N4O4. The van der Waals surface area contributed by atoms with Crippen LogP contribution in [0.25, 0.3) is 11.3 Å². The smallest absolute Gasteiger partial charge is 0.344 e. The predicted molar refractivity (Wildman–Crippen MR) is 105 cm³/mol. The van der Waals surface area contributed by atoms with E-state index in [1.165, 1.54) is 13.2 Å². The van der Waals surface area contributed by atoms with Gasteiger partial charge in [-0.15, -0.1) is 0 Å². The molecule has 3 aromatic rings. The molecule has 1 aromatic heterocycles. The normalized spacial score (nSPS) is 10.5. The molecular weight excluding hydrogens is 360 g/mol. The number of methoxy groups -OCH3 is 1. The molecule has 0 radical (unpaired) electrons. The van der Waals surface area contributed by atoms with Crippen molar-refractivity contribution in [1.82, 2.24) is 9.78 Å². The number of anilines is 1. The molecule has 1 heterocycles. The highest BCUT2D eigenvalue weighted by atomic mass is 16.6. The minimum atomic E-state index is -0.746. The van der Waals surface area contributed by atoms with Gasteiger partial charge in [-0.1, -0.05) is 30.3 Å². The Hall–Kier alpha value is -3.68. The summed E-state index contributed by atoms with van der Waals surface area (Å²) in [5.41, 5.74) is 3.45. The van der Waals surface area contributed by atoms with Crippen LogP contribution in [0.2, 0.25) is 0 Å². The molecule has 0 bridgehead atoms. The van der Waals surface area contributed by atoms with Crippen LogP contribution in [-0.4, -0.2) is 27.8 Å². The molecule has 0 unspecified atom stereocenters. The summed E-state index contributed by atoms with van der Waals surface area (Å²) in [5.74, 6) is -0.746. The second kappa shape index (κ2) is 7.91. The predicted octanol–water partition coefficient (Wildman–Crippen LogP) is 3.70. The third kappa shape index (κ3) is 3.85. The van der Waals surface area contributed by atoms with Crippen molar-refractivity contribution in [2.24, 2.45) is 7.05 Å². The quantitative estimate of drug-likeness (QED) is 0.398. The van der Waals surface area contributed by atoms with Gasteiger partial charge in [-0.25, -0.2) is 4.79 Å². The van der Waals surface area contributed by atoms with Crippen molar-refractivity contribution in [3.05, 3.63) is 75.5 Å². The number of rotatable bonds is 6. The van der Waals surface area contributed by atoms with Crippen molar-refractivity contribution in [3.63, 3.8) is 0 Å². The molecule has 0 aliphatic rings. The van der Waals surface area contributed by atoms with Crippen molar-refractivity contribution < 1.29 is 14.5 Å². The first-order chi connectivity index (χ1) is 13.4. The van der Waals surface area contributed by atoms with Gasteiger partial charge in [0.05, 0.1) is 17.7 Å². The molecule has 0 amide bonds. The molecule has 0 aliphatic heterocycles. The Balaban J connectivity index is 1.91. The monoisotopic (exact) mass is 380 g/mol. The summed E-state index contributed by atoms with van der Waals surface area (Å²) in [6.07, 6.45) is 1.91. The number of hydrogen-bond donors (Lipinski definition) is 1. The summed E-state index contributed by atoms with van der Waals surface area (Å²) in [4.78, 5) is 22.7. The molecule has 2 aromatic carbocycles. The van der Waals surface area contributed by atoms with Gasteiger partial charge in [0.25, 0.3) is 5.69 Å². The molecule has 0 fully saturated rings. The van der Waals surface area contributed by atoms with Gasteiger partial charge in [-0.2, -0.15) is 5.10 Å². The van der Waals surface area contributed by atoms with E-state index in [-0.39, 0.29) is 11.3 Å². The van der Waals surface area contributed by atoms with Gasteiger partial charge in [-0.05, 0) is 19.1 Å². The average molecular weight is 380 g/mol. The zero-order valence-corrected chi connectivity index (χ0v) is 15.8.